The number of benzene rings is 1. The predicted molar refractivity (Wildman–Crippen MR) is 104 cm³/mol. The van der Waals surface area contributed by atoms with E-state index in [0.29, 0.717) is 22.6 Å². The molecule has 2 unspecified atom stereocenters. The lowest BCUT2D eigenvalue weighted by Crippen LogP contribution is -2.37. The zero-order chi connectivity index (χ0) is 17.9. The Morgan fingerprint density at radius 2 is 2.08 bits per heavy atom. The fourth-order valence-corrected chi connectivity index (χ4v) is 3.41. The second kappa shape index (κ2) is 7.57. The monoisotopic (exact) mass is 371 g/mol. The van der Waals surface area contributed by atoms with Crippen LogP contribution in [0.15, 0.2) is 35.3 Å². The van der Waals surface area contributed by atoms with Gasteiger partial charge in [-0.2, -0.15) is 0 Å². The smallest absolute Gasteiger partial charge is 0.213 e. The number of hydrogen-bond donors (Lipinski definition) is 4. The van der Waals surface area contributed by atoms with Crippen LogP contribution in [0.4, 0.5) is 5.82 Å². The van der Waals surface area contributed by atoms with E-state index in [0.717, 1.165) is 24.2 Å². The van der Waals surface area contributed by atoms with Crippen molar-refractivity contribution in [2.75, 3.05) is 11.9 Å². The van der Waals surface area contributed by atoms with E-state index in [2.05, 4.69) is 31.5 Å². The molecule has 8 heteroatoms. The Morgan fingerprint density at radius 1 is 1.19 bits per heavy atom. The highest BCUT2D eigenvalue weighted by atomic mass is 35.5. The quantitative estimate of drug-likeness (QED) is 0.663. The summed E-state index contributed by atoms with van der Waals surface area (Å²) in [5.41, 5.74) is 7.83. The number of piperidine rings is 1. The minimum absolute atomic E-state index is 0.0156. The van der Waals surface area contributed by atoms with Gasteiger partial charge in [0.25, 0.3) is 0 Å². The van der Waals surface area contributed by atoms with Crippen LogP contribution in [0.1, 0.15) is 37.9 Å². The molecule has 0 saturated carbocycles. The van der Waals surface area contributed by atoms with Crippen molar-refractivity contribution in [2.45, 2.75) is 38.4 Å². The number of anilines is 1. The summed E-state index contributed by atoms with van der Waals surface area (Å²) < 4.78 is 0. The molecule has 0 amide bonds. The molecule has 2 atom stereocenters. The lowest BCUT2D eigenvalue weighted by molar-refractivity contribution is 0.405. The van der Waals surface area contributed by atoms with Gasteiger partial charge in [0.15, 0.2) is 5.82 Å². The molecule has 1 aromatic carbocycles. The van der Waals surface area contributed by atoms with Gasteiger partial charge in [0, 0.05) is 17.7 Å². The third-order valence-electron chi connectivity index (χ3n) is 4.50. The molecule has 4 rings (SSSR count). The topological polar surface area (TPSA) is 86.3 Å². The SMILES string of the molecule is CC1N=C(Nc2cc(C3CCCCN3)nc(-c3ccccc3Cl)n2)NN1. The van der Waals surface area contributed by atoms with E-state index in [4.69, 9.17) is 16.6 Å². The Hall–Kier alpha value is -2.22. The first-order chi connectivity index (χ1) is 12.7. The Bertz CT molecular complexity index is 817. The van der Waals surface area contributed by atoms with E-state index in [-0.39, 0.29) is 12.2 Å². The summed E-state index contributed by atoms with van der Waals surface area (Å²) in [4.78, 5) is 13.9. The van der Waals surface area contributed by atoms with E-state index in [1.807, 2.05) is 37.3 Å². The second-order valence-corrected chi connectivity index (χ2v) is 6.94. The van der Waals surface area contributed by atoms with Crippen molar-refractivity contribution in [3.63, 3.8) is 0 Å². The largest absolute Gasteiger partial charge is 0.310 e. The molecule has 2 aliphatic heterocycles. The normalized spacial score (nSPS) is 22.6. The molecular weight excluding hydrogens is 350 g/mol. The number of hydrazine groups is 1. The number of hydrogen-bond acceptors (Lipinski definition) is 7. The standard InChI is InChI=1S/C18H22ClN7/c1-11-21-18(26-25-11)24-16-10-15(14-8-4-5-9-20-14)22-17(23-16)12-6-2-3-7-13(12)19/h2-3,6-7,10-11,14,20,25H,4-5,8-9H2,1H3,(H2,21,22,23,24,26). The molecule has 136 valence electrons. The number of aliphatic imine (C=N–C) groups is 1. The molecule has 2 aromatic rings. The van der Waals surface area contributed by atoms with Gasteiger partial charge >= 0.3 is 0 Å². The Kier molecular flexibility index (Phi) is 5.01. The first-order valence-electron chi connectivity index (χ1n) is 8.93. The molecule has 0 aliphatic carbocycles. The van der Waals surface area contributed by atoms with Crippen molar-refractivity contribution < 1.29 is 0 Å². The fraction of sp³-hybridized carbons (Fsp3) is 0.389. The molecule has 3 heterocycles. The maximum absolute atomic E-state index is 6.38. The summed E-state index contributed by atoms with van der Waals surface area (Å²) in [5, 5.41) is 7.42. The summed E-state index contributed by atoms with van der Waals surface area (Å²) >= 11 is 6.38. The lowest BCUT2D eigenvalue weighted by Gasteiger charge is -2.23. The molecular formula is C18H22ClN7. The molecule has 1 saturated heterocycles. The molecule has 2 aliphatic rings. The lowest BCUT2D eigenvalue weighted by atomic mass is 10.0. The molecule has 7 nitrogen and oxygen atoms in total. The molecule has 0 radical (unpaired) electrons. The van der Waals surface area contributed by atoms with Crippen LogP contribution in [0.25, 0.3) is 11.4 Å². The van der Waals surface area contributed by atoms with Gasteiger partial charge in [-0.25, -0.2) is 20.4 Å². The van der Waals surface area contributed by atoms with Gasteiger partial charge in [-0.1, -0.05) is 30.2 Å². The number of rotatable bonds is 3. The van der Waals surface area contributed by atoms with Gasteiger partial charge < -0.3 is 10.6 Å². The van der Waals surface area contributed by atoms with E-state index in [9.17, 15) is 0 Å². The summed E-state index contributed by atoms with van der Waals surface area (Å²) in [6.07, 6.45) is 3.48. The van der Waals surface area contributed by atoms with Crippen molar-refractivity contribution >= 4 is 23.4 Å². The van der Waals surface area contributed by atoms with Crippen LogP contribution in [0.3, 0.4) is 0 Å². The maximum Gasteiger partial charge on any atom is 0.213 e. The molecule has 0 spiro atoms. The first kappa shape index (κ1) is 17.2. The molecule has 1 fully saturated rings. The third kappa shape index (κ3) is 3.80. The van der Waals surface area contributed by atoms with Crippen LogP contribution >= 0.6 is 11.6 Å². The average Bonchev–Trinajstić information content (AvgIpc) is 3.07. The van der Waals surface area contributed by atoms with Crippen LogP contribution < -0.4 is 21.5 Å². The van der Waals surface area contributed by atoms with Crippen LogP contribution in [0.5, 0.6) is 0 Å². The van der Waals surface area contributed by atoms with Gasteiger partial charge in [0.1, 0.15) is 12.0 Å². The Morgan fingerprint density at radius 3 is 2.81 bits per heavy atom. The summed E-state index contributed by atoms with van der Waals surface area (Å²) in [6.45, 7) is 2.97. The Labute approximate surface area is 157 Å². The first-order valence-corrected chi connectivity index (χ1v) is 9.30. The highest BCUT2D eigenvalue weighted by Gasteiger charge is 2.20. The van der Waals surface area contributed by atoms with E-state index in [1.165, 1.54) is 12.8 Å². The zero-order valence-corrected chi connectivity index (χ0v) is 15.3. The molecule has 1 aromatic heterocycles. The predicted octanol–water partition coefficient (Wildman–Crippen LogP) is 2.83. The van der Waals surface area contributed by atoms with Gasteiger partial charge in [0.2, 0.25) is 5.96 Å². The maximum atomic E-state index is 6.38. The fourth-order valence-electron chi connectivity index (χ4n) is 3.19. The van der Waals surface area contributed by atoms with Crippen molar-refractivity contribution in [1.29, 1.82) is 0 Å². The molecule has 4 N–H and O–H groups in total. The minimum Gasteiger partial charge on any atom is -0.310 e. The molecule has 0 bridgehead atoms. The van der Waals surface area contributed by atoms with Crippen molar-refractivity contribution in [3.8, 4) is 11.4 Å². The van der Waals surface area contributed by atoms with Crippen LogP contribution in [-0.2, 0) is 0 Å². The summed E-state index contributed by atoms with van der Waals surface area (Å²) in [5.74, 6) is 1.95. The number of nitrogens with one attached hydrogen (secondary N) is 4. The summed E-state index contributed by atoms with van der Waals surface area (Å²) in [7, 11) is 0. The molecule has 26 heavy (non-hydrogen) atoms. The van der Waals surface area contributed by atoms with Crippen molar-refractivity contribution in [3.05, 3.63) is 41.0 Å². The van der Waals surface area contributed by atoms with Crippen molar-refractivity contribution in [1.82, 2.24) is 26.1 Å². The number of nitrogens with zero attached hydrogens (tertiary/aromatic N) is 3. The number of guanidine groups is 1. The number of halogens is 1. The van der Waals surface area contributed by atoms with Gasteiger partial charge in [-0.15, -0.1) is 0 Å². The van der Waals surface area contributed by atoms with E-state index >= 15 is 0 Å². The van der Waals surface area contributed by atoms with Crippen LogP contribution in [-0.4, -0.2) is 28.6 Å². The van der Waals surface area contributed by atoms with Crippen LogP contribution in [0, 0.1) is 0 Å². The highest BCUT2D eigenvalue weighted by molar-refractivity contribution is 6.33. The highest BCUT2D eigenvalue weighted by Crippen LogP contribution is 2.29. The van der Waals surface area contributed by atoms with E-state index < -0.39 is 0 Å². The van der Waals surface area contributed by atoms with Gasteiger partial charge in [-0.3, -0.25) is 5.43 Å². The second-order valence-electron chi connectivity index (χ2n) is 6.53. The Balaban J connectivity index is 1.71. The van der Waals surface area contributed by atoms with Gasteiger partial charge in [0.05, 0.1) is 10.7 Å². The summed E-state index contributed by atoms with van der Waals surface area (Å²) in [6, 6.07) is 9.85. The minimum atomic E-state index is 0.0156. The third-order valence-corrected chi connectivity index (χ3v) is 4.83. The van der Waals surface area contributed by atoms with Crippen LogP contribution in [0.2, 0.25) is 5.02 Å². The van der Waals surface area contributed by atoms with E-state index in [1.54, 1.807) is 0 Å². The zero-order valence-electron chi connectivity index (χ0n) is 14.6. The van der Waals surface area contributed by atoms with Gasteiger partial charge in [-0.05, 0) is 38.4 Å². The van der Waals surface area contributed by atoms with Crippen molar-refractivity contribution in [2.24, 2.45) is 4.99 Å². The number of aromatic nitrogens is 2. The average molecular weight is 372 g/mol.